The highest BCUT2D eigenvalue weighted by atomic mass is 32.1. The number of amides is 2. The SMILES string of the molecule is Cc1nc(-c2ccc(CC(=O)Nc3ccc(C(=O)NC4CC4)cc3)cc2)cs1. The first-order valence-corrected chi connectivity index (χ1v) is 10.2. The number of hydrogen-bond donors (Lipinski definition) is 2. The van der Waals surface area contributed by atoms with Crippen molar-refractivity contribution in [3.8, 4) is 11.3 Å². The molecule has 4 rings (SSSR count). The lowest BCUT2D eigenvalue weighted by atomic mass is 10.1. The van der Waals surface area contributed by atoms with E-state index < -0.39 is 0 Å². The fraction of sp³-hybridized carbons (Fsp3) is 0.227. The summed E-state index contributed by atoms with van der Waals surface area (Å²) in [4.78, 5) is 28.8. The van der Waals surface area contributed by atoms with Crippen LogP contribution >= 0.6 is 11.3 Å². The van der Waals surface area contributed by atoms with Crippen LogP contribution in [0.5, 0.6) is 0 Å². The van der Waals surface area contributed by atoms with Gasteiger partial charge in [-0.25, -0.2) is 4.98 Å². The lowest BCUT2D eigenvalue weighted by molar-refractivity contribution is -0.115. The Labute approximate surface area is 167 Å². The minimum absolute atomic E-state index is 0.0595. The van der Waals surface area contributed by atoms with E-state index >= 15 is 0 Å². The van der Waals surface area contributed by atoms with Gasteiger partial charge in [-0.3, -0.25) is 9.59 Å². The molecule has 0 spiro atoms. The Kier molecular flexibility index (Phi) is 5.21. The van der Waals surface area contributed by atoms with E-state index in [0.29, 0.717) is 23.7 Å². The van der Waals surface area contributed by atoms with Crippen molar-refractivity contribution in [3.05, 3.63) is 70.0 Å². The van der Waals surface area contributed by atoms with Crippen molar-refractivity contribution in [1.29, 1.82) is 0 Å². The van der Waals surface area contributed by atoms with Crippen LogP contribution in [0.15, 0.2) is 53.9 Å². The third-order valence-electron chi connectivity index (χ3n) is 4.58. The Bertz CT molecular complexity index is 989. The molecular formula is C22H21N3O2S. The van der Waals surface area contributed by atoms with E-state index in [4.69, 9.17) is 0 Å². The molecule has 1 heterocycles. The third kappa shape index (κ3) is 4.64. The van der Waals surface area contributed by atoms with Gasteiger partial charge >= 0.3 is 0 Å². The van der Waals surface area contributed by atoms with E-state index in [1.807, 2.05) is 36.6 Å². The maximum Gasteiger partial charge on any atom is 0.251 e. The summed E-state index contributed by atoms with van der Waals surface area (Å²) in [7, 11) is 0. The quantitative estimate of drug-likeness (QED) is 0.662. The summed E-state index contributed by atoms with van der Waals surface area (Å²) < 4.78 is 0. The number of aromatic nitrogens is 1. The Morgan fingerprint density at radius 2 is 1.79 bits per heavy atom. The molecule has 6 heteroatoms. The number of aryl methyl sites for hydroxylation is 1. The van der Waals surface area contributed by atoms with Crippen LogP contribution in [0.1, 0.15) is 33.8 Å². The van der Waals surface area contributed by atoms with Gasteiger partial charge in [0.2, 0.25) is 5.91 Å². The van der Waals surface area contributed by atoms with Gasteiger partial charge in [0.1, 0.15) is 0 Å². The molecule has 28 heavy (non-hydrogen) atoms. The number of nitrogens with zero attached hydrogens (tertiary/aromatic N) is 1. The van der Waals surface area contributed by atoms with Crippen LogP contribution < -0.4 is 10.6 Å². The molecule has 1 aliphatic rings. The number of carbonyl (C=O) groups is 2. The van der Waals surface area contributed by atoms with Crippen molar-refractivity contribution in [3.63, 3.8) is 0 Å². The van der Waals surface area contributed by atoms with Crippen molar-refractivity contribution in [2.45, 2.75) is 32.2 Å². The second-order valence-corrected chi connectivity index (χ2v) is 8.06. The van der Waals surface area contributed by atoms with Crippen LogP contribution in [0.3, 0.4) is 0 Å². The van der Waals surface area contributed by atoms with Gasteiger partial charge in [-0.15, -0.1) is 11.3 Å². The van der Waals surface area contributed by atoms with Gasteiger partial charge < -0.3 is 10.6 Å². The molecule has 0 atom stereocenters. The van der Waals surface area contributed by atoms with E-state index in [0.717, 1.165) is 34.7 Å². The number of nitrogens with one attached hydrogen (secondary N) is 2. The Balaban J connectivity index is 1.33. The molecule has 1 aromatic heterocycles. The summed E-state index contributed by atoms with van der Waals surface area (Å²) >= 11 is 1.62. The molecule has 2 amide bonds. The number of carbonyl (C=O) groups excluding carboxylic acids is 2. The Morgan fingerprint density at radius 3 is 2.39 bits per heavy atom. The van der Waals surface area contributed by atoms with Crippen LogP contribution in [0, 0.1) is 6.92 Å². The van der Waals surface area contributed by atoms with E-state index in [1.165, 1.54) is 0 Å². The highest BCUT2D eigenvalue weighted by Gasteiger charge is 2.23. The summed E-state index contributed by atoms with van der Waals surface area (Å²) in [6.07, 6.45) is 2.41. The number of hydrogen-bond acceptors (Lipinski definition) is 4. The first-order chi connectivity index (χ1) is 13.6. The fourth-order valence-corrected chi connectivity index (χ4v) is 3.50. The highest BCUT2D eigenvalue weighted by Crippen LogP contribution is 2.22. The minimum Gasteiger partial charge on any atom is -0.349 e. The van der Waals surface area contributed by atoms with Crippen molar-refractivity contribution >= 4 is 28.8 Å². The molecule has 0 unspecified atom stereocenters. The lowest BCUT2D eigenvalue weighted by Crippen LogP contribution is -2.25. The van der Waals surface area contributed by atoms with Gasteiger partial charge in [-0.1, -0.05) is 24.3 Å². The normalized spacial score (nSPS) is 13.2. The summed E-state index contributed by atoms with van der Waals surface area (Å²) in [6, 6.07) is 15.2. The van der Waals surface area contributed by atoms with Gasteiger partial charge in [0.25, 0.3) is 5.91 Å². The predicted octanol–water partition coefficient (Wildman–Crippen LogP) is 4.19. The minimum atomic E-state index is -0.0903. The highest BCUT2D eigenvalue weighted by molar-refractivity contribution is 7.09. The summed E-state index contributed by atoms with van der Waals surface area (Å²) in [5, 5.41) is 8.90. The summed E-state index contributed by atoms with van der Waals surface area (Å²) in [5.74, 6) is -0.150. The second kappa shape index (κ2) is 7.94. The van der Waals surface area contributed by atoms with Gasteiger partial charge in [0.05, 0.1) is 17.1 Å². The monoisotopic (exact) mass is 391 g/mol. The van der Waals surface area contributed by atoms with Crippen LogP contribution in [-0.4, -0.2) is 22.8 Å². The van der Waals surface area contributed by atoms with E-state index in [2.05, 4.69) is 15.6 Å². The van der Waals surface area contributed by atoms with Crippen molar-refractivity contribution in [2.75, 3.05) is 5.32 Å². The molecule has 2 N–H and O–H groups in total. The summed E-state index contributed by atoms with van der Waals surface area (Å²) in [5.41, 5.74) is 4.24. The van der Waals surface area contributed by atoms with Gasteiger partial charge in [-0.2, -0.15) is 0 Å². The molecule has 1 saturated carbocycles. The molecule has 0 saturated heterocycles. The van der Waals surface area contributed by atoms with E-state index in [1.54, 1.807) is 35.6 Å². The standard InChI is InChI=1S/C22H21N3O2S/c1-14-23-20(13-28-14)16-4-2-15(3-5-16)12-21(26)24-18-8-6-17(7-9-18)22(27)25-19-10-11-19/h2-9,13,19H,10-12H2,1H3,(H,24,26)(H,25,27). The molecule has 2 aromatic carbocycles. The molecule has 1 fully saturated rings. The lowest BCUT2D eigenvalue weighted by Gasteiger charge is -2.08. The zero-order chi connectivity index (χ0) is 19.5. The zero-order valence-corrected chi connectivity index (χ0v) is 16.4. The first-order valence-electron chi connectivity index (χ1n) is 9.29. The molecule has 142 valence electrons. The van der Waals surface area contributed by atoms with E-state index in [-0.39, 0.29) is 11.8 Å². The molecular weight excluding hydrogens is 370 g/mol. The maximum absolute atomic E-state index is 12.3. The topological polar surface area (TPSA) is 71.1 Å². The molecule has 0 radical (unpaired) electrons. The fourth-order valence-electron chi connectivity index (χ4n) is 2.88. The molecule has 0 aliphatic heterocycles. The largest absolute Gasteiger partial charge is 0.349 e. The Hall–Kier alpha value is -2.99. The molecule has 3 aromatic rings. The van der Waals surface area contributed by atoms with Gasteiger partial charge in [-0.05, 0) is 49.6 Å². The average Bonchev–Trinajstić information content (AvgIpc) is 3.40. The Morgan fingerprint density at radius 1 is 1.07 bits per heavy atom. The number of benzene rings is 2. The number of anilines is 1. The molecule has 5 nitrogen and oxygen atoms in total. The predicted molar refractivity (Wildman–Crippen MR) is 112 cm³/mol. The van der Waals surface area contributed by atoms with Gasteiger partial charge in [0, 0.05) is 28.2 Å². The smallest absolute Gasteiger partial charge is 0.251 e. The molecule has 0 bridgehead atoms. The van der Waals surface area contributed by atoms with Crippen LogP contribution in [0.2, 0.25) is 0 Å². The number of rotatable bonds is 6. The van der Waals surface area contributed by atoms with Crippen molar-refractivity contribution in [1.82, 2.24) is 10.3 Å². The second-order valence-electron chi connectivity index (χ2n) is 7.00. The van der Waals surface area contributed by atoms with Crippen LogP contribution in [0.25, 0.3) is 11.3 Å². The van der Waals surface area contributed by atoms with Crippen LogP contribution in [0.4, 0.5) is 5.69 Å². The maximum atomic E-state index is 12.3. The number of thiazole rings is 1. The first kappa shape index (κ1) is 18.4. The van der Waals surface area contributed by atoms with Crippen molar-refractivity contribution < 1.29 is 9.59 Å². The van der Waals surface area contributed by atoms with Crippen LogP contribution in [-0.2, 0) is 11.2 Å². The zero-order valence-electron chi connectivity index (χ0n) is 15.6. The van der Waals surface area contributed by atoms with E-state index in [9.17, 15) is 9.59 Å². The third-order valence-corrected chi connectivity index (χ3v) is 5.35. The summed E-state index contributed by atoms with van der Waals surface area (Å²) in [6.45, 7) is 1.99. The average molecular weight is 391 g/mol. The van der Waals surface area contributed by atoms with Gasteiger partial charge in [0.15, 0.2) is 0 Å². The molecule has 1 aliphatic carbocycles. The van der Waals surface area contributed by atoms with Crippen molar-refractivity contribution in [2.24, 2.45) is 0 Å².